The van der Waals surface area contributed by atoms with Gasteiger partial charge in [0.15, 0.2) is 0 Å². The van der Waals surface area contributed by atoms with Crippen LogP contribution in [-0.4, -0.2) is 11.7 Å². The van der Waals surface area contributed by atoms with Crippen LogP contribution < -0.4 is 5.32 Å². The molecule has 1 aliphatic heterocycles. The first-order valence-corrected chi connectivity index (χ1v) is 6.92. The molecule has 1 aliphatic carbocycles. The molecule has 1 fully saturated rings. The molecule has 2 nitrogen and oxygen atoms in total. The zero-order chi connectivity index (χ0) is 11.9. The molecule has 1 aromatic carbocycles. The van der Waals surface area contributed by atoms with Gasteiger partial charge in [-0.05, 0) is 31.0 Å². The van der Waals surface area contributed by atoms with Gasteiger partial charge >= 0.3 is 0 Å². The van der Waals surface area contributed by atoms with Crippen LogP contribution in [-0.2, 0) is 4.79 Å². The lowest BCUT2D eigenvalue weighted by atomic mass is 9.87. The number of carbonyl (C=O) groups is 1. The summed E-state index contributed by atoms with van der Waals surface area (Å²) >= 11 is 1.67. The van der Waals surface area contributed by atoms with Crippen molar-refractivity contribution >= 4 is 23.4 Å². The second kappa shape index (κ2) is 4.02. The Morgan fingerprint density at radius 2 is 2.06 bits per heavy atom. The van der Waals surface area contributed by atoms with Gasteiger partial charge in [-0.3, -0.25) is 4.79 Å². The van der Waals surface area contributed by atoms with Gasteiger partial charge in [-0.15, -0.1) is 11.8 Å². The smallest absolute Gasteiger partial charge is 0.231 e. The van der Waals surface area contributed by atoms with E-state index in [0.29, 0.717) is 5.69 Å². The summed E-state index contributed by atoms with van der Waals surface area (Å²) in [6, 6.07) is 4.61. The van der Waals surface area contributed by atoms with Crippen LogP contribution >= 0.6 is 11.8 Å². The predicted molar refractivity (Wildman–Crippen MR) is 66.7 cm³/mol. The number of rotatable bonds is 0. The summed E-state index contributed by atoms with van der Waals surface area (Å²) in [6.45, 7) is 0. The number of amides is 1. The molecular weight excluding hydrogens is 237 g/mol. The molecule has 0 radical (unpaired) electrons. The minimum Gasteiger partial charge on any atom is -0.324 e. The molecule has 1 spiro atoms. The zero-order valence-electron chi connectivity index (χ0n) is 9.46. The van der Waals surface area contributed by atoms with Crippen LogP contribution in [0.25, 0.3) is 0 Å². The van der Waals surface area contributed by atoms with Crippen LogP contribution in [0.2, 0.25) is 0 Å². The van der Waals surface area contributed by atoms with Crippen molar-refractivity contribution < 1.29 is 9.18 Å². The Morgan fingerprint density at radius 3 is 2.82 bits per heavy atom. The van der Waals surface area contributed by atoms with E-state index in [1.165, 1.54) is 12.1 Å². The van der Waals surface area contributed by atoms with Crippen LogP contribution in [0.4, 0.5) is 10.1 Å². The van der Waals surface area contributed by atoms with E-state index in [1.54, 1.807) is 17.8 Å². The third-order valence-electron chi connectivity index (χ3n) is 3.74. The number of benzene rings is 1. The highest BCUT2D eigenvalue weighted by Gasteiger charge is 2.42. The van der Waals surface area contributed by atoms with Crippen LogP contribution in [0.1, 0.15) is 25.7 Å². The maximum Gasteiger partial charge on any atom is 0.231 e. The van der Waals surface area contributed by atoms with Gasteiger partial charge in [0.1, 0.15) is 5.82 Å². The number of halogens is 1. The fraction of sp³-hybridized carbons (Fsp3) is 0.462. The van der Waals surface area contributed by atoms with Gasteiger partial charge in [0.25, 0.3) is 0 Å². The van der Waals surface area contributed by atoms with E-state index in [0.717, 1.165) is 36.3 Å². The lowest BCUT2D eigenvalue weighted by Crippen LogP contribution is -2.34. The summed E-state index contributed by atoms with van der Waals surface area (Å²) in [5, 5.41) is 2.90. The second-order valence-electron chi connectivity index (χ2n) is 4.87. The molecule has 0 bridgehead atoms. The number of carbonyl (C=O) groups excluding carboxylic acids is 1. The van der Waals surface area contributed by atoms with E-state index in [9.17, 15) is 9.18 Å². The Balaban J connectivity index is 1.96. The number of fused-ring (bicyclic) bond motifs is 1. The Labute approximate surface area is 104 Å². The Kier molecular flexibility index (Phi) is 2.62. The maximum atomic E-state index is 13.2. The Morgan fingerprint density at radius 1 is 1.29 bits per heavy atom. The van der Waals surface area contributed by atoms with Crippen molar-refractivity contribution in [3.05, 3.63) is 24.0 Å². The van der Waals surface area contributed by atoms with Crippen LogP contribution in [0.15, 0.2) is 23.1 Å². The minimum atomic E-state index is -0.299. The van der Waals surface area contributed by atoms with Crippen molar-refractivity contribution in [3.63, 3.8) is 0 Å². The third-order valence-corrected chi connectivity index (χ3v) is 5.10. The normalized spacial score (nSPS) is 22.1. The molecule has 1 saturated carbocycles. The van der Waals surface area contributed by atoms with Crippen LogP contribution in [0.5, 0.6) is 0 Å². The van der Waals surface area contributed by atoms with Crippen LogP contribution in [0.3, 0.4) is 0 Å². The molecular formula is C13H14FNOS. The van der Waals surface area contributed by atoms with Gasteiger partial charge in [-0.25, -0.2) is 4.39 Å². The van der Waals surface area contributed by atoms with Crippen LogP contribution in [0, 0.1) is 11.2 Å². The van der Waals surface area contributed by atoms with Gasteiger partial charge < -0.3 is 5.32 Å². The highest BCUT2D eigenvalue weighted by molar-refractivity contribution is 7.99. The van der Waals surface area contributed by atoms with Crippen molar-refractivity contribution in [2.45, 2.75) is 30.6 Å². The average molecular weight is 251 g/mol. The number of thioether (sulfide) groups is 1. The molecule has 90 valence electrons. The van der Waals surface area contributed by atoms with E-state index in [-0.39, 0.29) is 17.1 Å². The van der Waals surface area contributed by atoms with Gasteiger partial charge in [0.2, 0.25) is 5.91 Å². The topological polar surface area (TPSA) is 29.1 Å². The minimum absolute atomic E-state index is 0.0758. The molecule has 4 heteroatoms. The quantitative estimate of drug-likeness (QED) is 0.765. The Bertz CT molecular complexity index is 468. The molecule has 0 aromatic heterocycles. The summed E-state index contributed by atoms with van der Waals surface area (Å²) in [6.07, 6.45) is 4.17. The van der Waals surface area contributed by atoms with Crippen molar-refractivity contribution in [2.75, 3.05) is 11.1 Å². The summed E-state index contributed by atoms with van der Waals surface area (Å²) in [7, 11) is 0. The first-order chi connectivity index (χ1) is 8.20. The molecule has 1 heterocycles. The fourth-order valence-electron chi connectivity index (χ4n) is 2.69. The second-order valence-corrected chi connectivity index (χ2v) is 5.89. The molecule has 0 saturated heterocycles. The molecule has 17 heavy (non-hydrogen) atoms. The summed E-state index contributed by atoms with van der Waals surface area (Å²) in [5.74, 6) is 0.594. The third kappa shape index (κ3) is 1.84. The van der Waals surface area contributed by atoms with Crippen molar-refractivity contribution in [1.82, 2.24) is 0 Å². The van der Waals surface area contributed by atoms with Crippen molar-refractivity contribution in [1.29, 1.82) is 0 Å². The molecule has 3 rings (SSSR count). The zero-order valence-corrected chi connectivity index (χ0v) is 10.3. The first-order valence-electron chi connectivity index (χ1n) is 5.93. The number of anilines is 1. The molecule has 0 unspecified atom stereocenters. The lowest BCUT2D eigenvalue weighted by molar-refractivity contribution is -0.124. The van der Waals surface area contributed by atoms with Gasteiger partial charge in [0, 0.05) is 10.6 Å². The Hall–Kier alpha value is -1.03. The highest BCUT2D eigenvalue weighted by atomic mass is 32.2. The SMILES string of the molecule is O=C1Nc2cc(F)ccc2SCC12CCCC2. The van der Waals surface area contributed by atoms with E-state index < -0.39 is 0 Å². The molecule has 0 atom stereocenters. The lowest BCUT2D eigenvalue weighted by Gasteiger charge is -2.24. The molecule has 2 aliphatic rings. The van der Waals surface area contributed by atoms with Gasteiger partial charge in [0.05, 0.1) is 11.1 Å². The molecule has 1 aromatic rings. The summed E-state index contributed by atoms with van der Waals surface area (Å²) in [4.78, 5) is 13.2. The van der Waals surface area contributed by atoms with Gasteiger partial charge in [-0.1, -0.05) is 12.8 Å². The van der Waals surface area contributed by atoms with E-state index in [4.69, 9.17) is 0 Å². The molecule has 1 amide bonds. The number of hydrogen-bond donors (Lipinski definition) is 1. The van der Waals surface area contributed by atoms with E-state index in [1.807, 2.05) is 0 Å². The summed E-state index contributed by atoms with van der Waals surface area (Å²) < 4.78 is 13.2. The maximum absolute atomic E-state index is 13.2. The number of hydrogen-bond acceptors (Lipinski definition) is 2. The standard InChI is InChI=1S/C13H14FNOS/c14-9-3-4-11-10(7-9)15-12(16)13(8-17-11)5-1-2-6-13/h3-4,7H,1-2,5-6,8H2,(H,15,16). The highest BCUT2D eigenvalue weighted by Crippen LogP contribution is 2.46. The van der Waals surface area contributed by atoms with E-state index >= 15 is 0 Å². The monoisotopic (exact) mass is 251 g/mol. The molecule has 1 N–H and O–H groups in total. The van der Waals surface area contributed by atoms with Crippen molar-refractivity contribution in [3.8, 4) is 0 Å². The predicted octanol–water partition coefficient (Wildman–Crippen LogP) is 3.43. The van der Waals surface area contributed by atoms with Gasteiger partial charge in [-0.2, -0.15) is 0 Å². The average Bonchev–Trinajstić information content (AvgIpc) is 2.73. The first kappa shape index (κ1) is 11.1. The largest absolute Gasteiger partial charge is 0.324 e. The fourth-order valence-corrected chi connectivity index (χ4v) is 3.97. The number of nitrogens with one attached hydrogen (secondary N) is 1. The summed E-state index contributed by atoms with van der Waals surface area (Å²) in [5.41, 5.74) is 0.406. The van der Waals surface area contributed by atoms with E-state index in [2.05, 4.69) is 5.32 Å². The van der Waals surface area contributed by atoms with Crippen molar-refractivity contribution in [2.24, 2.45) is 5.41 Å².